The first-order valence-corrected chi connectivity index (χ1v) is 6.06. The average Bonchev–Trinajstić information content (AvgIpc) is 2.14. The smallest absolute Gasteiger partial charge is 0.256 e. The van der Waals surface area contributed by atoms with Crippen molar-refractivity contribution >= 4 is 27.5 Å². The molecule has 0 saturated heterocycles. The number of carbonyl (C=O) groups is 1. The highest BCUT2D eigenvalue weighted by Gasteiger charge is 2.22. The van der Waals surface area contributed by atoms with E-state index in [2.05, 4.69) is 4.98 Å². The molecule has 16 heavy (non-hydrogen) atoms. The molecule has 0 radical (unpaired) electrons. The van der Waals surface area contributed by atoms with Gasteiger partial charge in [0, 0.05) is 20.3 Å². The van der Waals surface area contributed by atoms with Crippen LogP contribution in [0.3, 0.4) is 0 Å². The Labute approximate surface area is 98.1 Å². The summed E-state index contributed by atoms with van der Waals surface area (Å²) in [5.41, 5.74) is -0.139. The maximum atomic E-state index is 11.7. The average molecular weight is 264 g/mol. The summed E-state index contributed by atoms with van der Waals surface area (Å²) < 4.78 is 22.4. The Balaban J connectivity index is 3.47. The second-order valence-electron chi connectivity index (χ2n) is 3.25. The lowest BCUT2D eigenvalue weighted by atomic mass is 10.2. The molecule has 0 aliphatic rings. The molecular weight excluding hydrogens is 254 g/mol. The lowest BCUT2D eigenvalue weighted by Gasteiger charge is -2.12. The van der Waals surface area contributed by atoms with Gasteiger partial charge in [-0.05, 0) is 6.07 Å². The molecule has 1 heterocycles. The van der Waals surface area contributed by atoms with E-state index in [1.54, 1.807) is 0 Å². The van der Waals surface area contributed by atoms with Crippen LogP contribution >= 0.6 is 11.6 Å². The topological polar surface area (TPSA) is 93.4 Å². The number of aromatic nitrogens is 1. The van der Waals surface area contributed by atoms with Crippen LogP contribution in [-0.4, -0.2) is 38.3 Å². The summed E-state index contributed by atoms with van der Waals surface area (Å²) in [5.74, 6) is -0.529. The molecule has 1 rings (SSSR count). The number of hydrogen-bond acceptors (Lipinski definition) is 4. The first-order chi connectivity index (χ1) is 7.23. The quantitative estimate of drug-likeness (QED) is 0.818. The van der Waals surface area contributed by atoms with E-state index < -0.39 is 21.0 Å². The molecular formula is C8H10ClN3O3S. The van der Waals surface area contributed by atoms with E-state index >= 15 is 0 Å². The molecule has 0 fully saturated rings. The summed E-state index contributed by atoms with van der Waals surface area (Å²) in [6.45, 7) is 0. The standard InChI is InChI=1S/C8H10ClN3O3S/c1-12(2)8(13)6-3-5(9)4-11-7(6)16(10,14)15/h3-4H,1-2H3,(H2,10,14,15). The van der Waals surface area contributed by atoms with Gasteiger partial charge in [0.05, 0.1) is 10.6 Å². The zero-order chi connectivity index (χ0) is 12.5. The molecule has 2 N–H and O–H groups in total. The fourth-order valence-corrected chi connectivity index (χ4v) is 1.86. The van der Waals surface area contributed by atoms with E-state index in [1.165, 1.54) is 25.1 Å². The SMILES string of the molecule is CN(C)C(=O)c1cc(Cl)cnc1S(N)(=O)=O. The van der Waals surface area contributed by atoms with Gasteiger partial charge < -0.3 is 4.90 Å². The highest BCUT2D eigenvalue weighted by molar-refractivity contribution is 7.89. The molecule has 6 nitrogen and oxygen atoms in total. The van der Waals surface area contributed by atoms with Crippen molar-refractivity contribution in [2.75, 3.05) is 14.1 Å². The number of nitrogens with zero attached hydrogens (tertiary/aromatic N) is 2. The van der Waals surface area contributed by atoms with E-state index in [0.717, 1.165) is 6.20 Å². The molecule has 0 unspecified atom stereocenters. The Morgan fingerprint density at radius 1 is 1.50 bits per heavy atom. The van der Waals surface area contributed by atoms with Crippen LogP contribution in [0.1, 0.15) is 10.4 Å². The van der Waals surface area contributed by atoms with Gasteiger partial charge in [0.25, 0.3) is 15.9 Å². The minimum Gasteiger partial charge on any atom is -0.345 e. The molecule has 0 bridgehead atoms. The number of carbonyl (C=O) groups excluding carboxylic acids is 1. The first-order valence-electron chi connectivity index (χ1n) is 4.13. The van der Waals surface area contributed by atoms with Gasteiger partial charge in [-0.25, -0.2) is 18.5 Å². The summed E-state index contributed by atoms with van der Waals surface area (Å²) in [6, 6.07) is 1.22. The number of halogens is 1. The van der Waals surface area contributed by atoms with Crippen molar-refractivity contribution < 1.29 is 13.2 Å². The molecule has 0 aromatic carbocycles. The first kappa shape index (κ1) is 12.9. The zero-order valence-corrected chi connectivity index (χ0v) is 10.2. The Bertz CT molecular complexity index is 527. The summed E-state index contributed by atoms with van der Waals surface area (Å²) >= 11 is 5.65. The van der Waals surface area contributed by atoms with Crippen LogP contribution in [0, 0.1) is 0 Å². The molecule has 88 valence electrons. The number of nitrogens with two attached hydrogens (primary N) is 1. The van der Waals surface area contributed by atoms with Crippen LogP contribution in [0.4, 0.5) is 0 Å². The molecule has 0 saturated carbocycles. The van der Waals surface area contributed by atoms with Crippen molar-refractivity contribution in [2.24, 2.45) is 5.14 Å². The van der Waals surface area contributed by atoms with Gasteiger partial charge in [-0.15, -0.1) is 0 Å². The zero-order valence-electron chi connectivity index (χ0n) is 8.64. The van der Waals surface area contributed by atoms with Gasteiger partial charge in [-0.1, -0.05) is 11.6 Å². The van der Waals surface area contributed by atoms with Gasteiger partial charge in [0.1, 0.15) is 0 Å². The Morgan fingerprint density at radius 3 is 2.50 bits per heavy atom. The molecule has 0 aliphatic heterocycles. The molecule has 0 aliphatic carbocycles. The number of amides is 1. The Hall–Kier alpha value is -1.18. The van der Waals surface area contributed by atoms with Gasteiger partial charge in [-0.3, -0.25) is 4.79 Å². The Morgan fingerprint density at radius 2 is 2.06 bits per heavy atom. The third kappa shape index (κ3) is 2.69. The third-order valence-corrected chi connectivity index (χ3v) is 2.79. The minimum absolute atomic E-state index is 0.139. The number of pyridine rings is 1. The molecule has 1 aromatic rings. The van der Waals surface area contributed by atoms with Gasteiger partial charge >= 0.3 is 0 Å². The molecule has 8 heteroatoms. The highest BCUT2D eigenvalue weighted by Crippen LogP contribution is 2.17. The molecule has 0 spiro atoms. The van der Waals surface area contributed by atoms with Crippen molar-refractivity contribution in [3.63, 3.8) is 0 Å². The molecule has 1 amide bonds. The van der Waals surface area contributed by atoms with Crippen molar-refractivity contribution in [1.82, 2.24) is 9.88 Å². The third-order valence-electron chi connectivity index (χ3n) is 1.72. The van der Waals surface area contributed by atoms with E-state index in [1.807, 2.05) is 0 Å². The highest BCUT2D eigenvalue weighted by atomic mass is 35.5. The van der Waals surface area contributed by atoms with E-state index in [-0.39, 0.29) is 10.6 Å². The van der Waals surface area contributed by atoms with Gasteiger partial charge in [0.2, 0.25) is 0 Å². The summed E-state index contributed by atoms with van der Waals surface area (Å²) in [6.07, 6.45) is 1.12. The number of primary sulfonamides is 1. The number of sulfonamides is 1. The van der Waals surface area contributed by atoms with Crippen LogP contribution in [0.5, 0.6) is 0 Å². The van der Waals surface area contributed by atoms with Crippen LogP contribution < -0.4 is 5.14 Å². The predicted octanol–water partition coefficient (Wildman–Crippen LogP) is 0.0842. The van der Waals surface area contributed by atoms with Crippen LogP contribution in [-0.2, 0) is 10.0 Å². The van der Waals surface area contributed by atoms with Gasteiger partial charge in [-0.2, -0.15) is 0 Å². The van der Waals surface area contributed by atoms with E-state index in [9.17, 15) is 13.2 Å². The Kier molecular flexibility index (Phi) is 3.51. The van der Waals surface area contributed by atoms with Gasteiger partial charge in [0.15, 0.2) is 5.03 Å². The number of hydrogen-bond donors (Lipinski definition) is 1. The second-order valence-corrected chi connectivity index (χ2v) is 5.16. The summed E-state index contributed by atoms with van der Waals surface area (Å²) in [4.78, 5) is 16.4. The normalized spacial score (nSPS) is 11.2. The van der Waals surface area contributed by atoms with Crippen molar-refractivity contribution in [3.8, 4) is 0 Å². The lowest BCUT2D eigenvalue weighted by Crippen LogP contribution is -2.26. The maximum absolute atomic E-state index is 11.7. The molecule has 0 atom stereocenters. The van der Waals surface area contributed by atoms with Crippen molar-refractivity contribution in [2.45, 2.75) is 5.03 Å². The fraction of sp³-hybridized carbons (Fsp3) is 0.250. The van der Waals surface area contributed by atoms with E-state index in [4.69, 9.17) is 16.7 Å². The predicted molar refractivity (Wildman–Crippen MR) is 58.6 cm³/mol. The fourth-order valence-electron chi connectivity index (χ4n) is 1.05. The number of rotatable bonds is 2. The monoisotopic (exact) mass is 263 g/mol. The van der Waals surface area contributed by atoms with E-state index in [0.29, 0.717) is 0 Å². The van der Waals surface area contributed by atoms with Crippen molar-refractivity contribution in [3.05, 3.63) is 22.8 Å². The summed E-state index contributed by atoms with van der Waals surface area (Å²) in [5, 5.41) is 4.63. The van der Waals surface area contributed by atoms with Crippen LogP contribution in [0.15, 0.2) is 17.3 Å². The van der Waals surface area contributed by atoms with Crippen molar-refractivity contribution in [1.29, 1.82) is 0 Å². The molecule has 1 aromatic heterocycles. The maximum Gasteiger partial charge on any atom is 0.256 e. The second kappa shape index (κ2) is 4.36. The largest absolute Gasteiger partial charge is 0.345 e. The van der Waals surface area contributed by atoms with Crippen LogP contribution in [0.25, 0.3) is 0 Å². The lowest BCUT2D eigenvalue weighted by molar-refractivity contribution is 0.0823. The minimum atomic E-state index is -4.05. The summed E-state index contributed by atoms with van der Waals surface area (Å²) in [7, 11) is -1.08. The van der Waals surface area contributed by atoms with Crippen LogP contribution in [0.2, 0.25) is 5.02 Å².